The van der Waals surface area contributed by atoms with Crippen molar-refractivity contribution in [2.75, 3.05) is 6.54 Å². The summed E-state index contributed by atoms with van der Waals surface area (Å²) in [7, 11) is 0. The van der Waals surface area contributed by atoms with E-state index in [4.69, 9.17) is 0 Å². The third-order valence-corrected chi connectivity index (χ3v) is 5.19. The maximum absolute atomic E-state index is 11.3. The second kappa shape index (κ2) is 8.62. The Morgan fingerprint density at radius 3 is 2.74 bits per heavy atom. The van der Waals surface area contributed by atoms with E-state index in [9.17, 15) is 9.90 Å². The molecular formula is C18H22BrNO2S. The van der Waals surface area contributed by atoms with Crippen LogP contribution < -0.4 is 5.32 Å². The van der Waals surface area contributed by atoms with Crippen LogP contribution in [0.4, 0.5) is 0 Å². The van der Waals surface area contributed by atoms with Crippen molar-refractivity contribution in [3.63, 3.8) is 0 Å². The van der Waals surface area contributed by atoms with Gasteiger partial charge in [-0.25, -0.2) is 0 Å². The highest BCUT2D eigenvalue weighted by Crippen LogP contribution is 2.29. The quantitative estimate of drug-likeness (QED) is 0.659. The molecule has 0 aliphatic carbocycles. The fraction of sp³-hybridized carbons (Fsp3) is 0.389. The number of halogens is 1. The Bertz CT molecular complexity index is 654. The molecule has 1 unspecified atom stereocenters. The minimum atomic E-state index is -0.716. The molecule has 0 saturated carbocycles. The largest absolute Gasteiger partial charge is 0.481 e. The Morgan fingerprint density at radius 1 is 1.30 bits per heavy atom. The molecule has 0 spiro atoms. The molecule has 2 aromatic rings. The number of thiophene rings is 1. The monoisotopic (exact) mass is 395 g/mol. The zero-order chi connectivity index (χ0) is 16.8. The van der Waals surface area contributed by atoms with Crippen LogP contribution in [-0.2, 0) is 11.3 Å². The van der Waals surface area contributed by atoms with E-state index in [1.165, 1.54) is 15.3 Å². The highest BCUT2D eigenvalue weighted by molar-refractivity contribution is 9.10. The van der Waals surface area contributed by atoms with Gasteiger partial charge in [0, 0.05) is 27.3 Å². The van der Waals surface area contributed by atoms with Gasteiger partial charge in [0.05, 0.1) is 5.92 Å². The fourth-order valence-electron chi connectivity index (χ4n) is 2.48. The summed E-state index contributed by atoms with van der Waals surface area (Å²) in [6.07, 6.45) is 0.704. The van der Waals surface area contributed by atoms with Crippen molar-refractivity contribution < 1.29 is 9.90 Å². The predicted molar refractivity (Wildman–Crippen MR) is 99.7 cm³/mol. The molecule has 0 bridgehead atoms. The molecule has 1 heterocycles. The van der Waals surface area contributed by atoms with Crippen molar-refractivity contribution >= 4 is 33.2 Å². The molecule has 0 radical (unpaired) electrons. The maximum atomic E-state index is 11.3. The summed E-state index contributed by atoms with van der Waals surface area (Å²) in [5, 5.41) is 12.5. The number of hydrogen-bond donors (Lipinski definition) is 2. The topological polar surface area (TPSA) is 49.3 Å². The first kappa shape index (κ1) is 18.2. The summed E-state index contributed by atoms with van der Waals surface area (Å²) < 4.78 is 1.07. The minimum absolute atomic E-state index is 0.320. The van der Waals surface area contributed by atoms with E-state index in [2.05, 4.69) is 59.4 Å². The van der Waals surface area contributed by atoms with Crippen LogP contribution in [0.15, 0.2) is 40.9 Å². The van der Waals surface area contributed by atoms with Crippen molar-refractivity contribution in [3.05, 3.63) is 45.7 Å². The van der Waals surface area contributed by atoms with Crippen LogP contribution in [0.5, 0.6) is 0 Å². The van der Waals surface area contributed by atoms with E-state index in [-0.39, 0.29) is 5.92 Å². The van der Waals surface area contributed by atoms with E-state index >= 15 is 0 Å². The van der Waals surface area contributed by atoms with Gasteiger partial charge in [-0.05, 0) is 42.2 Å². The Balaban J connectivity index is 1.91. The summed E-state index contributed by atoms with van der Waals surface area (Å²) in [6.45, 7) is 5.33. The molecule has 0 fully saturated rings. The van der Waals surface area contributed by atoms with Crippen LogP contribution in [0.25, 0.3) is 10.4 Å². The van der Waals surface area contributed by atoms with Crippen LogP contribution in [0, 0.1) is 11.8 Å². The molecule has 1 aromatic heterocycles. The van der Waals surface area contributed by atoms with Gasteiger partial charge < -0.3 is 10.4 Å². The lowest BCUT2D eigenvalue weighted by molar-refractivity contribution is -0.142. The number of carboxylic acids is 1. The number of carboxylic acid groups (broad SMARTS) is 1. The Hall–Kier alpha value is -1.17. The molecule has 2 N–H and O–H groups in total. The van der Waals surface area contributed by atoms with Crippen molar-refractivity contribution in [3.8, 4) is 10.4 Å². The lowest BCUT2D eigenvalue weighted by atomic mass is 9.97. The zero-order valence-electron chi connectivity index (χ0n) is 13.4. The van der Waals surface area contributed by atoms with Crippen LogP contribution in [0.3, 0.4) is 0 Å². The van der Waals surface area contributed by atoms with Gasteiger partial charge in [-0.15, -0.1) is 11.3 Å². The number of carbonyl (C=O) groups is 1. The van der Waals surface area contributed by atoms with E-state index < -0.39 is 5.97 Å². The molecule has 1 atom stereocenters. The van der Waals surface area contributed by atoms with Gasteiger partial charge in [-0.2, -0.15) is 0 Å². The molecule has 5 heteroatoms. The van der Waals surface area contributed by atoms with Crippen LogP contribution >= 0.6 is 27.3 Å². The first-order chi connectivity index (χ1) is 11.0. The average Bonchev–Trinajstić information content (AvgIpc) is 2.94. The van der Waals surface area contributed by atoms with Crippen molar-refractivity contribution in [1.82, 2.24) is 5.32 Å². The fourth-order valence-corrected chi connectivity index (χ4v) is 3.85. The number of aliphatic carboxylic acids is 1. The number of benzene rings is 1. The van der Waals surface area contributed by atoms with Crippen LogP contribution in [0.2, 0.25) is 0 Å². The van der Waals surface area contributed by atoms with Gasteiger partial charge in [0.2, 0.25) is 0 Å². The lowest BCUT2D eigenvalue weighted by Gasteiger charge is -2.15. The van der Waals surface area contributed by atoms with E-state index in [1.807, 2.05) is 12.1 Å². The predicted octanol–water partition coefficient (Wildman–Crippen LogP) is 5.01. The highest BCUT2D eigenvalue weighted by Gasteiger charge is 2.18. The van der Waals surface area contributed by atoms with Crippen molar-refractivity contribution in [2.45, 2.75) is 26.8 Å². The SMILES string of the molecule is CC(C)CC(CNCc1ccc(-c2cccc(Br)c2)s1)C(=O)O. The molecule has 0 amide bonds. The van der Waals surface area contributed by atoms with Gasteiger partial charge in [0.25, 0.3) is 0 Å². The third-order valence-electron chi connectivity index (χ3n) is 3.57. The second-order valence-electron chi connectivity index (χ2n) is 6.07. The Morgan fingerprint density at radius 2 is 2.09 bits per heavy atom. The summed E-state index contributed by atoms with van der Waals surface area (Å²) >= 11 is 5.23. The van der Waals surface area contributed by atoms with Gasteiger partial charge in [-0.1, -0.05) is 41.9 Å². The van der Waals surface area contributed by atoms with Gasteiger partial charge >= 0.3 is 5.97 Å². The molecule has 1 aromatic carbocycles. The maximum Gasteiger partial charge on any atom is 0.307 e. The number of nitrogens with one attached hydrogen (secondary N) is 1. The molecule has 3 nitrogen and oxygen atoms in total. The highest BCUT2D eigenvalue weighted by atomic mass is 79.9. The van der Waals surface area contributed by atoms with Crippen molar-refractivity contribution in [1.29, 1.82) is 0 Å². The summed E-state index contributed by atoms with van der Waals surface area (Å²) in [6, 6.07) is 12.5. The minimum Gasteiger partial charge on any atom is -0.481 e. The molecule has 23 heavy (non-hydrogen) atoms. The summed E-state index contributed by atoms with van der Waals surface area (Å²) in [5.41, 5.74) is 1.19. The molecule has 0 aliphatic rings. The Kier molecular flexibility index (Phi) is 6.81. The second-order valence-corrected chi connectivity index (χ2v) is 8.16. The first-order valence-corrected chi connectivity index (χ1v) is 9.35. The van der Waals surface area contributed by atoms with E-state index in [1.54, 1.807) is 11.3 Å². The van der Waals surface area contributed by atoms with Gasteiger partial charge in [0.15, 0.2) is 0 Å². The first-order valence-electron chi connectivity index (χ1n) is 7.74. The van der Waals surface area contributed by atoms with Crippen molar-refractivity contribution in [2.24, 2.45) is 11.8 Å². The third kappa shape index (κ3) is 5.75. The van der Waals surface area contributed by atoms with Gasteiger partial charge in [0.1, 0.15) is 0 Å². The number of rotatable bonds is 8. The summed E-state index contributed by atoms with van der Waals surface area (Å²) in [4.78, 5) is 13.7. The zero-order valence-corrected chi connectivity index (χ0v) is 15.8. The molecule has 0 aliphatic heterocycles. The van der Waals surface area contributed by atoms with Gasteiger partial charge in [-0.3, -0.25) is 4.79 Å². The Labute approximate surface area is 149 Å². The molecule has 0 saturated heterocycles. The molecule has 124 valence electrons. The smallest absolute Gasteiger partial charge is 0.307 e. The van der Waals surface area contributed by atoms with Crippen LogP contribution in [-0.4, -0.2) is 17.6 Å². The normalized spacial score (nSPS) is 12.5. The van der Waals surface area contributed by atoms with E-state index in [0.717, 1.165) is 4.47 Å². The lowest BCUT2D eigenvalue weighted by Crippen LogP contribution is -2.29. The molecule has 2 rings (SSSR count). The van der Waals surface area contributed by atoms with E-state index in [0.29, 0.717) is 25.4 Å². The molecular weight excluding hydrogens is 374 g/mol. The summed E-state index contributed by atoms with van der Waals surface area (Å²) in [5.74, 6) is -0.644. The van der Waals surface area contributed by atoms with Crippen LogP contribution in [0.1, 0.15) is 25.1 Å². The standard InChI is InChI=1S/C18H22BrNO2S/c1-12(2)8-14(18(21)22)10-20-11-16-6-7-17(23-16)13-4-3-5-15(19)9-13/h3-7,9,12,14,20H,8,10-11H2,1-2H3,(H,21,22). The number of hydrogen-bond acceptors (Lipinski definition) is 3. The average molecular weight is 396 g/mol.